The predicted octanol–water partition coefficient (Wildman–Crippen LogP) is 1.53. The van der Waals surface area contributed by atoms with Crippen molar-refractivity contribution in [2.45, 2.75) is 6.92 Å². The monoisotopic (exact) mass is 222 g/mol. The van der Waals surface area contributed by atoms with E-state index in [9.17, 15) is 4.79 Å². The van der Waals surface area contributed by atoms with Crippen molar-refractivity contribution in [1.29, 1.82) is 0 Å². The van der Waals surface area contributed by atoms with E-state index in [0.717, 1.165) is 5.69 Å². The number of carboxylic acid groups (broad SMARTS) is 1. The number of methoxy groups -OCH3 is 1. The fourth-order valence-electron chi connectivity index (χ4n) is 1.01. The van der Waals surface area contributed by atoms with Gasteiger partial charge in [0.2, 0.25) is 5.88 Å². The average molecular weight is 222 g/mol. The minimum Gasteiger partial charge on any atom is -0.481 e. The van der Waals surface area contributed by atoms with Crippen LogP contribution in [0.4, 0.5) is 5.69 Å². The number of hydrogen-bond acceptors (Lipinski definition) is 4. The highest BCUT2D eigenvalue weighted by atomic mass is 16.5. The lowest BCUT2D eigenvalue weighted by Gasteiger charge is -2.04. The van der Waals surface area contributed by atoms with Crippen molar-refractivity contribution in [3.63, 3.8) is 0 Å². The zero-order valence-electron chi connectivity index (χ0n) is 9.23. The number of hydrogen-bond donors (Lipinski definition) is 2. The van der Waals surface area contributed by atoms with Gasteiger partial charge in [-0.25, -0.2) is 9.78 Å². The minimum absolute atomic E-state index is 0.314. The van der Waals surface area contributed by atoms with Crippen LogP contribution in [0.25, 0.3) is 0 Å². The summed E-state index contributed by atoms with van der Waals surface area (Å²) in [6.45, 7) is 2.00. The average Bonchev–Trinajstić information content (AvgIpc) is 2.29. The molecule has 0 aliphatic heterocycles. The van der Waals surface area contributed by atoms with Crippen LogP contribution in [0.3, 0.4) is 0 Å². The van der Waals surface area contributed by atoms with E-state index in [2.05, 4.69) is 10.3 Å². The third-order valence-electron chi connectivity index (χ3n) is 2.00. The molecule has 0 saturated carbocycles. The molecule has 0 saturated heterocycles. The van der Waals surface area contributed by atoms with Gasteiger partial charge in [-0.05, 0) is 13.0 Å². The molecular formula is C11H14N2O3. The summed E-state index contributed by atoms with van der Waals surface area (Å²) in [5.41, 5.74) is 1.13. The van der Waals surface area contributed by atoms with Crippen LogP contribution in [0.2, 0.25) is 0 Å². The van der Waals surface area contributed by atoms with E-state index in [1.165, 1.54) is 0 Å². The van der Waals surface area contributed by atoms with E-state index in [1.807, 2.05) is 6.07 Å². The van der Waals surface area contributed by atoms with Gasteiger partial charge in [-0.2, -0.15) is 0 Å². The third-order valence-corrected chi connectivity index (χ3v) is 2.00. The molecule has 1 heterocycles. The van der Waals surface area contributed by atoms with Crippen molar-refractivity contribution in [2.75, 3.05) is 19.0 Å². The van der Waals surface area contributed by atoms with Crippen LogP contribution in [-0.4, -0.2) is 29.7 Å². The smallest absolute Gasteiger partial charge is 0.331 e. The first-order valence-corrected chi connectivity index (χ1v) is 4.77. The molecule has 5 heteroatoms. The summed E-state index contributed by atoms with van der Waals surface area (Å²) in [6, 6.07) is 3.55. The predicted molar refractivity (Wildman–Crippen MR) is 60.7 cm³/mol. The summed E-state index contributed by atoms with van der Waals surface area (Å²) in [5, 5.41) is 11.6. The number of rotatable bonds is 5. The van der Waals surface area contributed by atoms with Gasteiger partial charge in [0.25, 0.3) is 0 Å². The van der Waals surface area contributed by atoms with Crippen molar-refractivity contribution >= 4 is 11.7 Å². The SMILES string of the molecule is COc1ccc(NC/C=C(/C)C(=O)O)cn1. The Balaban J connectivity index is 2.49. The summed E-state index contributed by atoms with van der Waals surface area (Å²) in [7, 11) is 1.55. The number of carbonyl (C=O) groups is 1. The molecule has 0 fully saturated rings. The van der Waals surface area contributed by atoms with Gasteiger partial charge < -0.3 is 15.2 Å². The summed E-state index contributed by atoms with van der Waals surface area (Å²) in [5.74, 6) is -0.363. The second-order valence-corrected chi connectivity index (χ2v) is 3.16. The molecule has 0 atom stereocenters. The minimum atomic E-state index is -0.908. The lowest BCUT2D eigenvalue weighted by molar-refractivity contribution is -0.132. The highest BCUT2D eigenvalue weighted by Crippen LogP contribution is 2.10. The normalized spacial score (nSPS) is 11.0. The molecule has 1 rings (SSSR count). The van der Waals surface area contributed by atoms with Gasteiger partial charge in [0.1, 0.15) is 0 Å². The molecular weight excluding hydrogens is 208 g/mol. The number of pyridine rings is 1. The molecule has 0 bridgehead atoms. The first-order chi connectivity index (χ1) is 7.63. The molecule has 0 radical (unpaired) electrons. The Kier molecular flexibility index (Phi) is 4.32. The highest BCUT2D eigenvalue weighted by Gasteiger charge is 1.98. The van der Waals surface area contributed by atoms with Gasteiger partial charge in [0, 0.05) is 18.2 Å². The molecule has 16 heavy (non-hydrogen) atoms. The molecule has 1 aromatic rings. The van der Waals surface area contributed by atoms with E-state index in [0.29, 0.717) is 18.0 Å². The number of carboxylic acids is 1. The Bertz CT molecular complexity index is 385. The van der Waals surface area contributed by atoms with Crippen molar-refractivity contribution in [1.82, 2.24) is 4.98 Å². The van der Waals surface area contributed by atoms with Crippen molar-refractivity contribution < 1.29 is 14.6 Å². The number of aliphatic carboxylic acids is 1. The summed E-state index contributed by atoms with van der Waals surface area (Å²) in [4.78, 5) is 14.5. The Morgan fingerprint density at radius 3 is 2.88 bits per heavy atom. The quantitative estimate of drug-likeness (QED) is 0.739. The van der Waals surface area contributed by atoms with Crippen molar-refractivity contribution in [3.8, 4) is 5.88 Å². The fourth-order valence-corrected chi connectivity index (χ4v) is 1.01. The van der Waals surface area contributed by atoms with E-state index in [-0.39, 0.29) is 0 Å². The molecule has 5 nitrogen and oxygen atoms in total. The summed E-state index contributed by atoms with van der Waals surface area (Å²) in [6.07, 6.45) is 3.23. The number of nitrogens with one attached hydrogen (secondary N) is 1. The molecule has 2 N–H and O–H groups in total. The highest BCUT2D eigenvalue weighted by molar-refractivity contribution is 5.85. The van der Waals surface area contributed by atoms with Crippen LogP contribution in [0.1, 0.15) is 6.92 Å². The number of ether oxygens (including phenoxy) is 1. The van der Waals surface area contributed by atoms with Crippen LogP contribution >= 0.6 is 0 Å². The van der Waals surface area contributed by atoms with Crippen LogP contribution in [0.5, 0.6) is 5.88 Å². The number of anilines is 1. The molecule has 1 aromatic heterocycles. The lowest BCUT2D eigenvalue weighted by Crippen LogP contribution is -2.03. The van der Waals surface area contributed by atoms with Crippen LogP contribution in [0.15, 0.2) is 30.0 Å². The second kappa shape index (κ2) is 5.75. The van der Waals surface area contributed by atoms with Crippen molar-refractivity contribution in [3.05, 3.63) is 30.0 Å². The molecule has 0 aliphatic carbocycles. The Morgan fingerprint density at radius 2 is 2.38 bits per heavy atom. The largest absolute Gasteiger partial charge is 0.481 e. The van der Waals surface area contributed by atoms with Crippen LogP contribution < -0.4 is 10.1 Å². The Hall–Kier alpha value is -2.04. The van der Waals surface area contributed by atoms with Gasteiger partial charge in [0.15, 0.2) is 0 Å². The first kappa shape index (κ1) is 12.0. The van der Waals surface area contributed by atoms with E-state index >= 15 is 0 Å². The number of nitrogens with zero attached hydrogens (tertiary/aromatic N) is 1. The maximum atomic E-state index is 10.5. The zero-order chi connectivity index (χ0) is 12.0. The van der Waals surface area contributed by atoms with Gasteiger partial charge in [-0.3, -0.25) is 0 Å². The van der Waals surface area contributed by atoms with Crippen molar-refractivity contribution in [2.24, 2.45) is 0 Å². The third kappa shape index (κ3) is 3.61. The Labute approximate surface area is 93.8 Å². The molecule has 0 spiro atoms. The van der Waals surface area contributed by atoms with Gasteiger partial charge in [-0.15, -0.1) is 0 Å². The van der Waals surface area contributed by atoms with Gasteiger partial charge in [0.05, 0.1) is 19.0 Å². The topological polar surface area (TPSA) is 71.5 Å². The van der Waals surface area contributed by atoms with Gasteiger partial charge in [-0.1, -0.05) is 6.08 Å². The molecule has 0 amide bonds. The molecule has 0 unspecified atom stereocenters. The number of aromatic nitrogens is 1. The van der Waals surface area contributed by atoms with Crippen LogP contribution in [0, 0.1) is 0 Å². The van der Waals surface area contributed by atoms with E-state index < -0.39 is 5.97 Å². The zero-order valence-corrected chi connectivity index (χ0v) is 9.23. The maximum Gasteiger partial charge on any atom is 0.331 e. The molecule has 86 valence electrons. The summed E-state index contributed by atoms with van der Waals surface area (Å²) >= 11 is 0. The van der Waals surface area contributed by atoms with Crippen LogP contribution in [-0.2, 0) is 4.79 Å². The Morgan fingerprint density at radius 1 is 1.62 bits per heavy atom. The van der Waals surface area contributed by atoms with E-state index in [1.54, 1.807) is 32.4 Å². The van der Waals surface area contributed by atoms with Gasteiger partial charge >= 0.3 is 5.97 Å². The standard InChI is InChI=1S/C11H14N2O3/c1-8(11(14)15)5-6-12-9-3-4-10(16-2)13-7-9/h3-5,7,12H,6H2,1-2H3,(H,14,15)/b8-5-. The lowest BCUT2D eigenvalue weighted by atomic mass is 10.3. The maximum absolute atomic E-state index is 10.5. The molecule has 0 aromatic carbocycles. The van der Waals surface area contributed by atoms with E-state index in [4.69, 9.17) is 9.84 Å². The molecule has 0 aliphatic rings. The second-order valence-electron chi connectivity index (χ2n) is 3.16. The summed E-state index contributed by atoms with van der Waals surface area (Å²) < 4.78 is 4.91. The first-order valence-electron chi connectivity index (χ1n) is 4.77. The fraction of sp³-hybridized carbons (Fsp3) is 0.273.